The summed E-state index contributed by atoms with van der Waals surface area (Å²) in [5.74, 6) is 1.58. The Morgan fingerprint density at radius 1 is 0.956 bits per heavy atom. The van der Waals surface area contributed by atoms with E-state index in [0.29, 0.717) is 61.3 Å². The fourth-order valence-electron chi connectivity index (χ4n) is 5.05. The van der Waals surface area contributed by atoms with Gasteiger partial charge in [-0.25, -0.2) is 9.79 Å². The highest BCUT2D eigenvalue weighted by molar-refractivity contribution is 9.10. The maximum absolute atomic E-state index is 14.1. The van der Waals surface area contributed by atoms with Gasteiger partial charge in [-0.15, -0.1) is 0 Å². The van der Waals surface area contributed by atoms with Gasteiger partial charge in [0.2, 0.25) is 0 Å². The van der Waals surface area contributed by atoms with Crippen molar-refractivity contribution in [1.29, 1.82) is 0 Å². The van der Waals surface area contributed by atoms with Crippen LogP contribution in [0.3, 0.4) is 0 Å². The van der Waals surface area contributed by atoms with Gasteiger partial charge in [0.25, 0.3) is 5.56 Å². The van der Waals surface area contributed by atoms with Crippen LogP contribution in [0, 0.1) is 0 Å². The fraction of sp³-hybridized carbons (Fsp3) is 0.265. The fourth-order valence-corrected chi connectivity index (χ4v) is 6.64. The van der Waals surface area contributed by atoms with Crippen LogP contribution in [0.2, 0.25) is 0 Å². The van der Waals surface area contributed by atoms with Crippen LogP contribution in [0.25, 0.3) is 6.08 Å². The van der Waals surface area contributed by atoms with Crippen molar-refractivity contribution in [3.8, 4) is 23.0 Å². The molecule has 11 heteroatoms. The van der Waals surface area contributed by atoms with Crippen LogP contribution in [-0.4, -0.2) is 38.0 Å². The van der Waals surface area contributed by atoms with E-state index in [1.165, 1.54) is 23.0 Å². The Hall–Kier alpha value is -4.35. The first-order valence-electron chi connectivity index (χ1n) is 14.3. The zero-order valence-corrected chi connectivity index (χ0v) is 28.0. The Morgan fingerprint density at radius 2 is 1.69 bits per heavy atom. The van der Waals surface area contributed by atoms with Gasteiger partial charge in [-0.3, -0.25) is 9.36 Å². The number of allylic oxidation sites excluding steroid dienone is 1. The second-order valence-corrected chi connectivity index (χ2v) is 11.8. The highest BCUT2D eigenvalue weighted by Crippen LogP contribution is 2.41. The topological polar surface area (TPSA) is 97.6 Å². The highest BCUT2D eigenvalue weighted by Gasteiger charge is 2.35. The Morgan fingerprint density at radius 3 is 2.38 bits per heavy atom. The normalized spacial score (nSPS) is 14.4. The van der Waals surface area contributed by atoms with Crippen molar-refractivity contribution in [3.63, 3.8) is 0 Å². The predicted octanol–water partition coefficient (Wildman–Crippen LogP) is 5.56. The summed E-state index contributed by atoms with van der Waals surface area (Å²) < 4.78 is 31.0. The number of rotatable bonds is 11. The number of carbonyl (C=O) groups is 1. The monoisotopic (exact) mass is 692 g/mol. The van der Waals surface area contributed by atoms with Gasteiger partial charge < -0.3 is 23.7 Å². The summed E-state index contributed by atoms with van der Waals surface area (Å²) in [5.41, 5.74) is 2.84. The van der Waals surface area contributed by atoms with Crippen LogP contribution in [0.1, 0.15) is 43.5 Å². The number of thiazole rings is 1. The van der Waals surface area contributed by atoms with Gasteiger partial charge in [0, 0.05) is 4.47 Å². The predicted molar refractivity (Wildman–Crippen MR) is 176 cm³/mol. The van der Waals surface area contributed by atoms with E-state index in [1.54, 1.807) is 39.2 Å². The maximum atomic E-state index is 14.1. The molecule has 234 valence electrons. The molecule has 0 bridgehead atoms. The third kappa shape index (κ3) is 6.69. The summed E-state index contributed by atoms with van der Waals surface area (Å²) in [4.78, 5) is 32.6. The van der Waals surface area contributed by atoms with E-state index in [0.717, 1.165) is 11.1 Å². The van der Waals surface area contributed by atoms with Gasteiger partial charge in [-0.1, -0.05) is 63.7 Å². The third-order valence-electron chi connectivity index (χ3n) is 7.12. The molecule has 1 aromatic heterocycles. The minimum Gasteiger partial charge on any atom is -0.493 e. The lowest BCUT2D eigenvalue weighted by molar-refractivity contribution is -0.139. The van der Waals surface area contributed by atoms with Crippen LogP contribution < -0.4 is 33.8 Å². The lowest BCUT2D eigenvalue weighted by Gasteiger charge is -2.26. The number of nitrogens with zero attached hydrogens (tertiary/aromatic N) is 2. The first-order valence-corrected chi connectivity index (χ1v) is 15.9. The van der Waals surface area contributed by atoms with Gasteiger partial charge in [0.05, 0.1) is 49.3 Å². The van der Waals surface area contributed by atoms with E-state index in [2.05, 4.69) is 20.9 Å². The number of halogens is 1. The summed E-state index contributed by atoms with van der Waals surface area (Å²) in [6, 6.07) is 18.1. The van der Waals surface area contributed by atoms with Gasteiger partial charge in [-0.2, -0.15) is 0 Å². The Kier molecular flexibility index (Phi) is 10.1. The molecular formula is C34H33BrN2O7S. The van der Waals surface area contributed by atoms with E-state index in [9.17, 15) is 9.59 Å². The van der Waals surface area contributed by atoms with Gasteiger partial charge in [0.15, 0.2) is 27.8 Å². The molecule has 0 aliphatic carbocycles. The second kappa shape index (κ2) is 14.2. The zero-order valence-electron chi connectivity index (χ0n) is 25.6. The van der Waals surface area contributed by atoms with Crippen molar-refractivity contribution < 1.29 is 28.5 Å². The Balaban J connectivity index is 1.62. The van der Waals surface area contributed by atoms with Crippen molar-refractivity contribution in [2.45, 2.75) is 33.4 Å². The lowest BCUT2D eigenvalue weighted by Crippen LogP contribution is -2.40. The van der Waals surface area contributed by atoms with Crippen molar-refractivity contribution in [3.05, 3.63) is 113 Å². The third-order valence-corrected chi connectivity index (χ3v) is 8.79. The number of benzene rings is 3. The molecule has 2 heterocycles. The minimum atomic E-state index is -0.829. The van der Waals surface area contributed by atoms with Gasteiger partial charge >= 0.3 is 5.97 Å². The molecule has 5 rings (SSSR count). The minimum absolute atomic E-state index is 0.174. The number of aromatic nitrogens is 1. The zero-order chi connectivity index (χ0) is 32.1. The molecule has 0 fully saturated rings. The number of hydrogen-bond acceptors (Lipinski definition) is 9. The molecule has 3 aromatic carbocycles. The van der Waals surface area contributed by atoms with E-state index in [-0.39, 0.29) is 17.7 Å². The molecule has 0 saturated heterocycles. The standard InChI is InChI=1S/C34H33BrN2O7S/c1-6-42-28-15-22(13-14-25(28)44-19-21-11-9-8-10-12-21)16-29-32(38)37-31(23-17-26(40-4)27(41-5)18-24(23)35)30(33(39)43-7-2)20(3)36-34(37)45-29/h8-18,31H,6-7,19H2,1-5H3/b29-16-/t31-/m1/s1. The molecule has 0 amide bonds. The summed E-state index contributed by atoms with van der Waals surface area (Å²) in [5, 5.41) is 0. The number of esters is 1. The second-order valence-electron chi connectivity index (χ2n) is 9.94. The number of carbonyl (C=O) groups excluding carboxylic acids is 1. The molecule has 1 atom stereocenters. The molecular weight excluding hydrogens is 660 g/mol. The van der Waals surface area contributed by atoms with E-state index in [4.69, 9.17) is 23.7 Å². The number of methoxy groups -OCH3 is 2. The molecule has 0 radical (unpaired) electrons. The van der Waals surface area contributed by atoms with Crippen LogP contribution in [0.4, 0.5) is 0 Å². The van der Waals surface area contributed by atoms with E-state index < -0.39 is 12.0 Å². The van der Waals surface area contributed by atoms with Crippen LogP contribution in [0.15, 0.2) is 86.2 Å². The highest BCUT2D eigenvalue weighted by atomic mass is 79.9. The molecule has 0 unspecified atom stereocenters. The summed E-state index contributed by atoms with van der Waals surface area (Å²) in [7, 11) is 3.07. The quantitative estimate of drug-likeness (QED) is 0.190. The molecule has 0 spiro atoms. The van der Waals surface area contributed by atoms with Crippen LogP contribution >= 0.6 is 27.3 Å². The molecule has 1 aliphatic rings. The first-order chi connectivity index (χ1) is 21.8. The van der Waals surface area contributed by atoms with Crippen molar-refractivity contribution in [2.24, 2.45) is 4.99 Å². The molecule has 9 nitrogen and oxygen atoms in total. The smallest absolute Gasteiger partial charge is 0.338 e. The Labute approximate surface area is 273 Å². The largest absolute Gasteiger partial charge is 0.493 e. The Bertz CT molecular complexity index is 1930. The average molecular weight is 694 g/mol. The van der Waals surface area contributed by atoms with Gasteiger partial charge in [-0.05, 0) is 67.8 Å². The first kappa shape index (κ1) is 32.1. The maximum Gasteiger partial charge on any atom is 0.338 e. The van der Waals surface area contributed by atoms with Gasteiger partial charge in [0.1, 0.15) is 6.61 Å². The molecule has 0 saturated carbocycles. The van der Waals surface area contributed by atoms with E-state index >= 15 is 0 Å². The molecule has 0 N–H and O–H groups in total. The lowest BCUT2D eigenvalue weighted by atomic mass is 9.95. The molecule has 4 aromatic rings. The van der Waals surface area contributed by atoms with Crippen LogP contribution in [0.5, 0.6) is 23.0 Å². The molecule has 1 aliphatic heterocycles. The SMILES string of the molecule is CCOC(=O)C1=C(C)N=c2s/c(=C\c3ccc(OCc4ccccc4)c(OCC)c3)c(=O)n2[C@@H]1c1cc(OC)c(OC)cc1Br. The summed E-state index contributed by atoms with van der Waals surface area (Å²) >= 11 is 4.87. The average Bonchev–Trinajstić information content (AvgIpc) is 3.34. The van der Waals surface area contributed by atoms with Crippen molar-refractivity contribution in [1.82, 2.24) is 4.57 Å². The van der Waals surface area contributed by atoms with E-state index in [1.807, 2.05) is 55.5 Å². The number of fused-ring (bicyclic) bond motifs is 1. The van der Waals surface area contributed by atoms with Crippen LogP contribution in [-0.2, 0) is 16.1 Å². The van der Waals surface area contributed by atoms with Crippen molar-refractivity contribution in [2.75, 3.05) is 27.4 Å². The molecule has 45 heavy (non-hydrogen) atoms. The summed E-state index contributed by atoms with van der Waals surface area (Å²) in [6.07, 6.45) is 1.79. The summed E-state index contributed by atoms with van der Waals surface area (Å²) in [6.45, 7) is 6.40. The van der Waals surface area contributed by atoms with Crippen molar-refractivity contribution >= 4 is 39.3 Å². The number of hydrogen-bond donors (Lipinski definition) is 0. The number of ether oxygens (including phenoxy) is 5.